The van der Waals surface area contributed by atoms with Crippen LogP contribution in [-0.2, 0) is 19.1 Å². The Balaban J connectivity index is 1.51. The van der Waals surface area contributed by atoms with Crippen LogP contribution in [0, 0.1) is 0 Å². The second-order valence-electron chi connectivity index (χ2n) is 6.98. The minimum Gasteiger partial charge on any atom is -0.356 e. The predicted molar refractivity (Wildman–Crippen MR) is 88.3 cm³/mol. The third-order valence-corrected chi connectivity index (χ3v) is 5.27. The molecule has 0 aliphatic carbocycles. The first-order valence-corrected chi connectivity index (χ1v) is 8.95. The maximum Gasteiger partial charge on any atom is 0.433 e. The maximum atomic E-state index is 13.3. The molecule has 3 aromatic heterocycles. The van der Waals surface area contributed by atoms with Gasteiger partial charge in [-0.05, 0) is 19.3 Å². The number of fused-ring (bicyclic) bond motifs is 2. The zero-order valence-corrected chi connectivity index (χ0v) is 14.4. The van der Waals surface area contributed by atoms with Gasteiger partial charge in [-0.25, -0.2) is 4.98 Å². The fourth-order valence-electron chi connectivity index (χ4n) is 4.04. The lowest BCUT2D eigenvalue weighted by Crippen LogP contribution is -2.37. The second-order valence-corrected chi connectivity index (χ2v) is 6.98. The van der Waals surface area contributed by atoms with Gasteiger partial charge in [0.15, 0.2) is 5.69 Å². The fraction of sp³-hybridized carbons (Fsp3) is 0.562. The maximum absolute atomic E-state index is 13.3. The Kier molecular flexibility index (Phi) is 3.59. The van der Waals surface area contributed by atoms with Crippen molar-refractivity contribution in [1.29, 1.82) is 0 Å². The van der Waals surface area contributed by atoms with Crippen LogP contribution >= 0.6 is 0 Å². The van der Waals surface area contributed by atoms with Crippen molar-refractivity contribution in [2.45, 2.75) is 44.3 Å². The number of piperidine rings is 1. The van der Waals surface area contributed by atoms with Crippen molar-refractivity contribution in [3.05, 3.63) is 29.7 Å². The number of anilines is 1. The number of hydrogen-bond acceptors (Lipinski definition) is 6. The number of aromatic nitrogens is 7. The smallest absolute Gasteiger partial charge is 0.356 e. The molecule has 0 radical (unpaired) electrons. The molecule has 27 heavy (non-hydrogen) atoms. The topological polar surface area (TPSA) is 77.0 Å². The first kappa shape index (κ1) is 16.5. The lowest BCUT2D eigenvalue weighted by Gasteiger charge is -2.34. The molecular formula is C16H17F3N8. The monoisotopic (exact) mass is 378 g/mol. The molecule has 0 saturated carbocycles. The highest BCUT2D eigenvalue weighted by molar-refractivity contribution is 5.48. The standard InChI is InChI=1S/C16H17F3N8/c17-16(18,19)11-7-13(27-15(22-11)20-9-21-27)25-5-1-3-10(8-25)14-24-23-12-4-2-6-26(12)14/h7,9-10H,1-6,8H2. The minimum absolute atomic E-state index is 0.0506. The average Bonchev–Trinajstić information content (AvgIpc) is 3.36. The van der Waals surface area contributed by atoms with E-state index in [9.17, 15) is 13.2 Å². The summed E-state index contributed by atoms with van der Waals surface area (Å²) in [6.45, 7) is 2.12. The third-order valence-electron chi connectivity index (χ3n) is 5.27. The van der Waals surface area contributed by atoms with E-state index in [1.54, 1.807) is 0 Å². The average molecular weight is 378 g/mol. The van der Waals surface area contributed by atoms with Crippen LogP contribution < -0.4 is 4.90 Å². The van der Waals surface area contributed by atoms with Gasteiger partial charge in [0, 0.05) is 38.0 Å². The summed E-state index contributed by atoms with van der Waals surface area (Å²) in [4.78, 5) is 9.36. The Bertz CT molecular complexity index is 991. The summed E-state index contributed by atoms with van der Waals surface area (Å²) in [5.41, 5.74) is -0.955. The highest BCUT2D eigenvalue weighted by atomic mass is 19.4. The van der Waals surface area contributed by atoms with Gasteiger partial charge >= 0.3 is 6.18 Å². The van der Waals surface area contributed by atoms with Crippen LogP contribution in [0.4, 0.5) is 19.0 Å². The lowest BCUT2D eigenvalue weighted by atomic mass is 9.97. The minimum atomic E-state index is -4.54. The van der Waals surface area contributed by atoms with Crippen LogP contribution in [0.15, 0.2) is 12.4 Å². The van der Waals surface area contributed by atoms with Crippen LogP contribution in [0.1, 0.15) is 42.5 Å². The van der Waals surface area contributed by atoms with Gasteiger partial charge in [0.05, 0.1) is 0 Å². The molecule has 2 aliphatic rings. The molecule has 1 saturated heterocycles. The number of rotatable bonds is 2. The van der Waals surface area contributed by atoms with Crippen LogP contribution in [0.25, 0.3) is 5.78 Å². The highest BCUT2D eigenvalue weighted by Gasteiger charge is 2.36. The van der Waals surface area contributed by atoms with Gasteiger partial charge in [-0.3, -0.25) is 0 Å². The Hall–Kier alpha value is -2.72. The third kappa shape index (κ3) is 2.72. The largest absolute Gasteiger partial charge is 0.433 e. The van der Waals surface area contributed by atoms with E-state index in [-0.39, 0.29) is 11.7 Å². The van der Waals surface area contributed by atoms with Crippen LogP contribution in [0.3, 0.4) is 0 Å². The van der Waals surface area contributed by atoms with Gasteiger partial charge in [-0.1, -0.05) is 0 Å². The molecule has 142 valence electrons. The van der Waals surface area contributed by atoms with Crippen molar-refractivity contribution in [3.8, 4) is 0 Å². The van der Waals surface area contributed by atoms with Gasteiger partial charge in [-0.15, -0.1) is 10.2 Å². The first-order valence-electron chi connectivity index (χ1n) is 8.95. The van der Waals surface area contributed by atoms with E-state index in [1.807, 2.05) is 4.90 Å². The fourth-order valence-corrected chi connectivity index (χ4v) is 4.04. The molecule has 1 fully saturated rings. The highest BCUT2D eigenvalue weighted by Crippen LogP contribution is 2.34. The van der Waals surface area contributed by atoms with E-state index >= 15 is 0 Å². The molecule has 0 amide bonds. The van der Waals surface area contributed by atoms with Crippen LogP contribution in [0.5, 0.6) is 0 Å². The number of alkyl halides is 3. The molecule has 5 heterocycles. The molecule has 2 aliphatic heterocycles. The Morgan fingerprint density at radius 2 is 2.00 bits per heavy atom. The van der Waals surface area contributed by atoms with E-state index in [4.69, 9.17) is 0 Å². The van der Waals surface area contributed by atoms with Gasteiger partial charge in [0.25, 0.3) is 5.78 Å². The van der Waals surface area contributed by atoms with Crippen LogP contribution in [-0.4, -0.2) is 47.4 Å². The Morgan fingerprint density at radius 3 is 2.85 bits per heavy atom. The van der Waals surface area contributed by atoms with E-state index in [1.165, 1.54) is 10.8 Å². The molecule has 0 bridgehead atoms. The summed E-state index contributed by atoms with van der Waals surface area (Å²) in [5, 5.41) is 12.7. The molecule has 0 N–H and O–H groups in total. The molecule has 3 aromatic rings. The number of aryl methyl sites for hydroxylation is 1. The predicted octanol–water partition coefficient (Wildman–Crippen LogP) is 2.06. The van der Waals surface area contributed by atoms with Crippen LogP contribution in [0.2, 0.25) is 0 Å². The zero-order chi connectivity index (χ0) is 18.6. The summed E-state index contributed by atoms with van der Waals surface area (Å²) in [7, 11) is 0. The van der Waals surface area contributed by atoms with Crippen molar-refractivity contribution < 1.29 is 13.2 Å². The van der Waals surface area contributed by atoms with E-state index < -0.39 is 11.9 Å². The SMILES string of the molecule is FC(F)(F)c1cc(N2CCCC(c3nnc4n3CCC4)C2)n2ncnc2n1. The Labute approximate surface area is 152 Å². The Morgan fingerprint density at radius 1 is 1.11 bits per heavy atom. The van der Waals surface area contributed by atoms with Gasteiger partial charge in [-0.2, -0.15) is 27.8 Å². The van der Waals surface area contributed by atoms with Crippen molar-refractivity contribution in [1.82, 2.24) is 34.3 Å². The molecule has 0 spiro atoms. The number of halogens is 3. The molecule has 1 atom stereocenters. The van der Waals surface area contributed by atoms with Crippen molar-refractivity contribution in [3.63, 3.8) is 0 Å². The summed E-state index contributed by atoms with van der Waals surface area (Å²) >= 11 is 0. The van der Waals surface area contributed by atoms with E-state index in [2.05, 4.69) is 29.8 Å². The molecule has 0 aromatic carbocycles. The van der Waals surface area contributed by atoms with Gasteiger partial charge < -0.3 is 9.47 Å². The summed E-state index contributed by atoms with van der Waals surface area (Å²) in [6, 6.07) is 1.05. The molecule has 5 rings (SSSR count). The first-order chi connectivity index (χ1) is 13.0. The van der Waals surface area contributed by atoms with Crippen molar-refractivity contribution in [2.24, 2.45) is 0 Å². The second kappa shape index (κ2) is 5.89. The van der Waals surface area contributed by atoms with Gasteiger partial charge in [0.2, 0.25) is 0 Å². The summed E-state index contributed by atoms with van der Waals surface area (Å²) < 4.78 is 43.3. The van der Waals surface area contributed by atoms with Crippen molar-refractivity contribution in [2.75, 3.05) is 18.0 Å². The van der Waals surface area contributed by atoms with E-state index in [0.29, 0.717) is 18.9 Å². The zero-order valence-electron chi connectivity index (χ0n) is 14.4. The molecular weight excluding hydrogens is 361 g/mol. The normalized spacial score (nSPS) is 20.4. The molecule has 11 heteroatoms. The number of hydrogen-bond donors (Lipinski definition) is 0. The summed E-state index contributed by atoms with van der Waals surface area (Å²) in [5.74, 6) is 2.37. The van der Waals surface area contributed by atoms with Crippen molar-refractivity contribution >= 4 is 11.6 Å². The van der Waals surface area contributed by atoms with Gasteiger partial charge in [0.1, 0.15) is 23.8 Å². The number of nitrogens with zero attached hydrogens (tertiary/aromatic N) is 8. The molecule has 8 nitrogen and oxygen atoms in total. The van der Waals surface area contributed by atoms with E-state index in [0.717, 1.165) is 49.9 Å². The lowest BCUT2D eigenvalue weighted by molar-refractivity contribution is -0.141. The quantitative estimate of drug-likeness (QED) is 0.679. The molecule has 1 unspecified atom stereocenters. The summed E-state index contributed by atoms with van der Waals surface area (Å²) in [6.07, 6.45) is 0.471.